The van der Waals surface area contributed by atoms with Crippen LogP contribution < -0.4 is 9.47 Å². The Balaban J connectivity index is 0.000000253. The number of para-hydroxylation sites is 2. The van der Waals surface area contributed by atoms with Crippen molar-refractivity contribution in [2.75, 3.05) is 39.6 Å². The molecule has 0 saturated heterocycles. The van der Waals surface area contributed by atoms with Gasteiger partial charge in [0.1, 0.15) is 18.1 Å². The standard InChI is InChI=1S/C36H50O2.C20H36O.C19H34O.C16H24O2.C13H26O.C12H26O.C10H22O/c1-6-8-17-29(3)27-36(5,28-30(4)18-9-7-2)38-26-25-37-35-33(31-19-12-10-13-20-31)23-16-24-34(35)32-21-14-11-15-22-32;1-20(2,21-13-12-16-6-4-3-5-7-16)15-19-14-17-8-10-18(19)11-9-17;1-16(20-14-10-17-5-3-2-4-6-17)15-19-11-7-18(8-12-19)9-13-19;1-12(11-16(2,3)4)18-15-9-10-17-14-8-6-5-7-13(14)15;1-11(2)14-13(3,4)10-12-8-6-5-7-9-12;1-7-11(8-2)13-12(5,6)9-10(3)4;1-7-11-10(5,6)8-9(2,3)4/h10-16,19-24,29-30H,6-9,17-18,25-28H2,1-5H3;16-19H,3-15H2,1-2H3;16-18H,2-15H2,1H3;5-8,12,15H,9-11H2,1-4H3;11-12H,5-10H2,1-4H3;10-11H,7-9H2,1-6H3;7-8H2,1-6H3. The van der Waals surface area contributed by atoms with E-state index in [2.05, 4.69) is 278 Å². The van der Waals surface area contributed by atoms with Crippen molar-refractivity contribution in [1.29, 1.82) is 0 Å². The Hall–Kier alpha value is -3.80. The second-order valence-electron chi connectivity index (χ2n) is 50.4. The number of rotatable bonds is 45. The van der Waals surface area contributed by atoms with E-state index in [1.807, 2.05) is 19.1 Å². The van der Waals surface area contributed by atoms with Gasteiger partial charge in [0.05, 0.1) is 71.7 Å². The normalized spacial score (nSPS) is 22.1. The molecule has 0 radical (unpaired) electrons. The molecule has 1 heterocycles. The van der Waals surface area contributed by atoms with Crippen LogP contribution in [0.4, 0.5) is 0 Å². The molecule has 9 saturated carbocycles. The first-order valence-electron chi connectivity index (χ1n) is 57.1. The minimum atomic E-state index is -0.120. The Morgan fingerprint density at radius 1 is 0.422 bits per heavy atom. The SMILES string of the molecule is CC(C)(CC1CC2CCC1CC2)OCCC1CCCCC1.CC(C)OC(C)(C)CC1CCCCC1.CC(CC(C)(C)C)OC1CCOc2ccccc21.CC(CC12CCC(CC1)CC2)OCCC1CCCCC1.CCC(CC)OC(C)(C)CC(C)C.CCCCC(C)CC(C)(CC(C)CCCC)OCCOc1c(-c2ccccc2)cccc1-c1ccccc1.CCOC(C)(C)CC(C)(C)C. The second kappa shape index (κ2) is 62.0. The molecule has 0 amide bonds. The summed E-state index contributed by atoms with van der Waals surface area (Å²) >= 11 is 0. The lowest BCUT2D eigenvalue weighted by Gasteiger charge is -2.47. The molecule has 6 unspecified atom stereocenters. The molecule has 0 aromatic heterocycles. The molecule has 10 aliphatic rings. The maximum Gasteiger partial charge on any atom is 0.135 e. The van der Waals surface area contributed by atoms with Crippen LogP contribution in [-0.4, -0.2) is 92.1 Å². The van der Waals surface area contributed by atoms with E-state index in [1.54, 1.807) is 0 Å². The van der Waals surface area contributed by atoms with Crippen molar-refractivity contribution in [2.45, 2.75) is 541 Å². The highest BCUT2D eigenvalue weighted by molar-refractivity contribution is 5.82. The predicted octanol–water partition coefficient (Wildman–Crippen LogP) is 38.1. The first kappa shape index (κ1) is 120. The number of hydrogen-bond acceptors (Lipinski definition) is 9. The first-order valence-corrected chi connectivity index (χ1v) is 57.1. The number of benzene rings is 4. The number of ether oxygens (including phenoxy) is 9. The van der Waals surface area contributed by atoms with E-state index in [1.165, 1.54) is 254 Å². The molecule has 9 aliphatic carbocycles. The molecule has 4 aromatic rings. The number of hydrogen-bond donors (Lipinski definition) is 0. The molecule has 135 heavy (non-hydrogen) atoms. The highest BCUT2D eigenvalue weighted by Gasteiger charge is 2.43. The van der Waals surface area contributed by atoms with E-state index in [-0.39, 0.29) is 40.2 Å². The molecular formula is C126H218O9. The van der Waals surface area contributed by atoms with E-state index in [0.717, 1.165) is 142 Å². The van der Waals surface area contributed by atoms with Crippen LogP contribution in [0.5, 0.6) is 11.5 Å². The van der Waals surface area contributed by atoms with Crippen molar-refractivity contribution in [3.63, 3.8) is 0 Å². The van der Waals surface area contributed by atoms with Crippen LogP contribution in [0.2, 0.25) is 0 Å². The molecule has 4 aromatic carbocycles. The summed E-state index contributed by atoms with van der Waals surface area (Å²) in [7, 11) is 0. The summed E-state index contributed by atoms with van der Waals surface area (Å²) in [4.78, 5) is 0. The summed E-state index contributed by atoms with van der Waals surface area (Å²) in [6.45, 7) is 67.4. The smallest absolute Gasteiger partial charge is 0.135 e. The molecule has 9 heteroatoms. The Kier molecular flexibility index (Phi) is 55.1. The number of fused-ring (bicyclic) bond motifs is 7. The molecule has 0 N–H and O–H groups in total. The van der Waals surface area contributed by atoms with E-state index in [0.29, 0.717) is 65.5 Å². The molecular weight excluding hydrogens is 1660 g/mol. The largest absolute Gasteiger partial charge is 0.493 e. The van der Waals surface area contributed by atoms with Crippen LogP contribution in [0.1, 0.15) is 494 Å². The van der Waals surface area contributed by atoms with Crippen LogP contribution in [0, 0.1) is 75.4 Å². The van der Waals surface area contributed by atoms with Gasteiger partial charge in [-0.05, 0) is 324 Å². The third kappa shape index (κ3) is 49.8. The highest BCUT2D eigenvalue weighted by atomic mass is 16.5. The molecule has 776 valence electrons. The van der Waals surface area contributed by atoms with Crippen LogP contribution in [-0.2, 0) is 33.2 Å². The molecule has 4 bridgehead atoms. The van der Waals surface area contributed by atoms with Crippen molar-refractivity contribution >= 4 is 0 Å². The zero-order chi connectivity index (χ0) is 99.1. The van der Waals surface area contributed by atoms with E-state index < -0.39 is 0 Å². The van der Waals surface area contributed by atoms with Gasteiger partial charge in [0, 0.05) is 42.9 Å². The number of unbranched alkanes of at least 4 members (excludes halogenated alkanes) is 2. The second-order valence-corrected chi connectivity index (χ2v) is 50.4. The zero-order valence-corrected chi connectivity index (χ0v) is 93.7. The third-order valence-corrected chi connectivity index (χ3v) is 31.0. The Morgan fingerprint density at radius 2 is 0.933 bits per heavy atom. The van der Waals surface area contributed by atoms with Crippen LogP contribution >= 0.6 is 0 Å². The van der Waals surface area contributed by atoms with Gasteiger partial charge in [-0.3, -0.25) is 0 Å². The lowest BCUT2D eigenvalue weighted by molar-refractivity contribution is -0.0840. The molecule has 14 rings (SSSR count). The Bertz CT molecular complexity index is 3530. The van der Waals surface area contributed by atoms with Gasteiger partial charge >= 0.3 is 0 Å². The lowest BCUT2D eigenvalue weighted by Crippen LogP contribution is -2.37. The minimum Gasteiger partial charge on any atom is -0.493 e. The fourth-order valence-electron chi connectivity index (χ4n) is 25.5. The van der Waals surface area contributed by atoms with Gasteiger partial charge in [0.15, 0.2) is 0 Å². The predicted molar refractivity (Wildman–Crippen MR) is 582 cm³/mol. The van der Waals surface area contributed by atoms with Gasteiger partial charge in [-0.2, -0.15) is 0 Å². The average molecular weight is 1880 g/mol. The molecule has 9 nitrogen and oxygen atoms in total. The highest BCUT2D eigenvalue weighted by Crippen LogP contribution is 2.54. The summed E-state index contributed by atoms with van der Waals surface area (Å²) in [6.07, 6.45) is 63.0. The summed E-state index contributed by atoms with van der Waals surface area (Å²) in [5, 5.41) is 0. The third-order valence-electron chi connectivity index (χ3n) is 31.0. The van der Waals surface area contributed by atoms with Crippen LogP contribution in [0.3, 0.4) is 0 Å². The molecule has 0 spiro atoms. The zero-order valence-electron chi connectivity index (χ0n) is 93.7. The van der Waals surface area contributed by atoms with Crippen molar-refractivity contribution in [3.8, 4) is 33.8 Å². The van der Waals surface area contributed by atoms with Gasteiger partial charge in [-0.1, -0.05) is 342 Å². The summed E-state index contributed by atoms with van der Waals surface area (Å²) < 4.78 is 55.3. The summed E-state index contributed by atoms with van der Waals surface area (Å²) in [6, 6.07) is 35.7. The van der Waals surface area contributed by atoms with E-state index in [4.69, 9.17) is 42.6 Å². The summed E-state index contributed by atoms with van der Waals surface area (Å²) in [5.41, 5.74) is 7.27. The Morgan fingerprint density at radius 3 is 1.41 bits per heavy atom. The van der Waals surface area contributed by atoms with Crippen molar-refractivity contribution in [1.82, 2.24) is 0 Å². The van der Waals surface area contributed by atoms with Crippen LogP contribution in [0.25, 0.3) is 22.3 Å². The minimum absolute atomic E-state index is 0.0347. The average Bonchev–Trinajstić information content (AvgIpc) is 0.795. The van der Waals surface area contributed by atoms with E-state index >= 15 is 0 Å². The lowest BCUT2D eigenvalue weighted by atomic mass is 9.59. The van der Waals surface area contributed by atoms with Crippen molar-refractivity contribution < 1.29 is 42.6 Å². The maximum atomic E-state index is 6.72. The monoisotopic (exact) mass is 1880 g/mol. The van der Waals surface area contributed by atoms with Crippen molar-refractivity contribution in [2.24, 2.45) is 75.4 Å². The van der Waals surface area contributed by atoms with Crippen LogP contribution in [0.15, 0.2) is 103 Å². The molecule has 9 fully saturated rings. The summed E-state index contributed by atoms with van der Waals surface area (Å²) in [5.74, 6) is 10.9. The maximum absolute atomic E-state index is 6.72. The quantitative estimate of drug-likeness (QED) is 0.0402. The topological polar surface area (TPSA) is 83.1 Å². The Labute approximate surface area is 836 Å². The first-order chi connectivity index (χ1) is 64.0. The van der Waals surface area contributed by atoms with E-state index in [9.17, 15) is 0 Å². The molecule has 1 aliphatic heterocycles. The molecule has 6 atom stereocenters. The fraction of sp³-hybridized carbons (Fsp3) is 0.810. The van der Waals surface area contributed by atoms with Gasteiger partial charge < -0.3 is 42.6 Å². The van der Waals surface area contributed by atoms with Gasteiger partial charge in [-0.15, -0.1) is 0 Å². The van der Waals surface area contributed by atoms with Gasteiger partial charge in [0.25, 0.3) is 0 Å². The van der Waals surface area contributed by atoms with Crippen molar-refractivity contribution in [3.05, 3.63) is 109 Å². The van der Waals surface area contributed by atoms with Gasteiger partial charge in [0.2, 0.25) is 0 Å². The fourth-order valence-corrected chi connectivity index (χ4v) is 25.5. The van der Waals surface area contributed by atoms with Gasteiger partial charge in [-0.25, -0.2) is 0 Å².